The van der Waals surface area contributed by atoms with E-state index in [0.29, 0.717) is 6.54 Å². The third kappa shape index (κ3) is 3.55. The van der Waals surface area contributed by atoms with E-state index in [1.807, 2.05) is 6.07 Å². The molecule has 1 fully saturated rings. The summed E-state index contributed by atoms with van der Waals surface area (Å²) in [6.07, 6.45) is 3.27. The van der Waals surface area contributed by atoms with Gasteiger partial charge in [-0.05, 0) is 57.5 Å². The second-order valence-corrected chi connectivity index (χ2v) is 5.94. The normalized spacial score (nSPS) is 23.8. The Bertz CT molecular complexity index is 451. The number of hydrogen-bond donors (Lipinski definition) is 1. The van der Waals surface area contributed by atoms with Crippen LogP contribution in [0.5, 0.6) is 0 Å². The monoisotopic (exact) mass is 293 g/mol. The van der Waals surface area contributed by atoms with Crippen molar-refractivity contribution < 1.29 is 4.39 Å². The number of nitrogens with two attached hydrogens (primary N) is 1. The Kier molecular flexibility index (Phi) is 5.59. The zero-order valence-corrected chi connectivity index (χ0v) is 13.3. The highest BCUT2D eigenvalue weighted by Crippen LogP contribution is 2.32. The average molecular weight is 293 g/mol. The van der Waals surface area contributed by atoms with E-state index in [0.717, 1.165) is 51.1 Å². The fourth-order valence-electron chi connectivity index (χ4n) is 3.57. The maximum atomic E-state index is 13.6. The van der Waals surface area contributed by atoms with Gasteiger partial charge in [-0.3, -0.25) is 0 Å². The van der Waals surface area contributed by atoms with Crippen molar-refractivity contribution in [2.45, 2.75) is 38.6 Å². The van der Waals surface area contributed by atoms with Crippen molar-refractivity contribution in [1.82, 2.24) is 4.90 Å². The van der Waals surface area contributed by atoms with Crippen LogP contribution in [0, 0.1) is 5.82 Å². The summed E-state index contributed by atoms with van der Waals surface area (Å²) in [4.78, 5) is 4.80. The van der Waals surface area contributed by atoms with Gasteiger partial charge in [0.2, 0.25) is 0 Å². The van der Waals surface area contributed by atoms with Gasteiger partial charge in [0.1, 0.15) is 5.82 Å². The van der Waals surface area contributed by atoms with Crippen LogP contribution >= 0.6 is 0 Å². The molecule has 2 N–H and O–H groups in total. The van der Waals surface area contributed by atoms with E-state index in [1.54, 1.807) is 12.1 Å². The molecule has 1 atom stereocenters. The number of likely N-dealkylation sites (tertiary alicyclic amines) is 1. The molecule has 1 saturated heterocycles. The van der Waals surface area contributed by atoms with Crippen LogP contribution in [0.15, 0.2) is 24.3 Å². The summed E-state index contributed by atoms with van der Waals surface area (Å²) in [5.41, 5.74) is 7.10. The van der Waals surface area contributed by atoms with Gasteiger partial charge in [0.05, 0.1) is 5.54 Å². The molecule has 21 heavy (non-hydrogen) atoms. The number of halogens is 1. The third-order valence-electron chi connectivity index (χ3n) is 4.85. The molecule has 0 saturated carbocycles. The molecule has 1 aromatic rings. The lowest BCUT2D eigenvalue weighted by Crippen LogP contribution is -2.54. The van der Waals surface area contributed by atoms with Gasteiger partial charge in [0.15, 0.2) is 0 Å². The van der Waals surface area contributed by atoms with Crippen molar-refractivity contribution >= 4 is 5.69 Å². The second-order valence-electron chi connectivity index (χ2n) is 5.94. The van der Waals surface area contributed by atoms with Crippen LogP contribution in [-0.2, 0) is 0 Å². The van der Waals surface area contributed by atoms with E-state index in [1.165, 1.54) is 6.07 Å². The quantitative estimate of drug-likeness (QED) is 0.906. The van der Waals surface area contributed by atoms with Gasteiger partial charge in [0.25, 0.3) is 0 Å². The van der Waals surface area contributed by atoms with Gasteiger partial charge >= 0.3 is 0 Å². The van der Waals surface area contributed by atoms with Crippen molar-refractivity contribution in [3.63, 3.8) is 0 Å². The van der Waals surface area contributed by atoms with E-state index in [2.05, 4.69) is 23.6 Å². The molecule has 0 aromatic heterocycles. The summed E-state index contributed by atoms with van der Waals surface area (Å²) in [7, 11) is 0. The molecule has 1 aromatic carbocycles. The van der Waals surface area contributed by atoms with E-state index in [9.17, 15) is 4.39 Å². The van der Waals surface area contributed by atoms with Gasteiger partial charge < -0.3 is 15.5 Å². The zero-order chi connectivity index (χ0) is 15.3. The van der Waals surface area contributed by atoms with Crippen molar-refractivity contribution in [1.29, 1.82) is 0 Å². The molecule has 1 aliphatic heterocycles. The maximum absolute atomic E-state index is 13.6. The van der Waals surface area contributed by atoms with E-state index < -0.39 is 0 Å². The van der Waals surface area contributed by atoms with E-state index in [-0.39, 0.29) is 11.4 Å². The van der Waals surface area contributed by atoms with E-state index in [4.69, 9.17) is 5.73 Å². The first kappa shape index (κ1) is 16.2. The predicted octanol–water partition coefficient (Wildman–Crippen LogP) is 2.86. The third-order valence-corrected chi connectivity index (χ3v) is 4.85. The van der Waals surface area contributed by atoms with Crippen molar-refractivity contribution in [3.8, 4) is 0 Å². The predicted molar refractivity (Wildman–Crippen MR) is 87.2 cm³/mol. The zero-order valence-electron chi connectivity index (χ0n) is 13.3. The van der Waals surface area contributed by atoms with Crippen molar-refractivity contribution in [3.05, 3.63) is 30.1 Å². The first-order chi connectivity index (χ1) is 10.1. The molecule has 0 spiro atoms. The minimum atomic E-state index is -0.179. The molecular formula is C17H28FN3. The second kappa shape index (κ2) is 7.23. The Morgan fingerprint density at radius 3 is 2.71 bits per heavy atom. The summed E-state index contributed by atoms with van der Waals surface area (Å²) in [6, 6.07) is 6.90. The van der Waals surface area contributed by atoms with Crippen LogP contribution in [0.1, 0.15) is 33.1 Å². The molecule has 1 aliphatic rings. The number of hydrogen-bond acceptors (Lipinski definition) is 3. The number of likely N-dealkylation sites (N-methyl/N-ethyl adjacent to an activating group) is 1. The lowest BCUT2D eigenvalue weighted by atomic mass is 9.87. The summed E-state index contributed by atoms with van der Waals surface area (Å²) < 4.78 is 13.6. The molecule has 3 nitrogen and oxygen atoms in total. The lowest BCUT2D eigenvalue weighted by Gasteiger charge is -2.44. The fraction of sp³-hybridized carbons (Fsp3) is 0.647. The Hall–Kier alpha value is -1.13. The van der Waals surface area contributed by atoms with Gasteiger partial charge in [-0.1, -0.05) is 13.0 Å². The molecule has 4 heteroatoms. The number of benzene rings is 1. The molecule has 1 heterocycles. The van der Waals surface area contributed by atoms with Crippen LogP contribution in [0.2, 0.25) is 0 Å². The molecule has 0 amide bonds. The van der Waals surface area contributed by atoms with Crippen LogP contribution < -0.4 is 10.6 Å². The summed E-state index contributed by atoms with van der Waals surface area (Å²) in [5, 5.41) is 0. The Balaban J connectivity index is 2.28. The Morgan fingerprint density at radius 1 is 1.29 bits per heavy atom. The van der Waals surface area contributed by atoms with Gasteiger partial charge in [0, 0.05) is 25.3 Å². The average Bonchev–Trinajstić information content (AvgIpc) is 2.71. The van der Waals surface area contributed by atoms with Crippen molar-refractivity contribution in [2.75, 3.05) is 37.6 Å². The van der Waals surface area contributed by atoms with Gasteiger partial charge in [-0.15, -0.1) is 0 Å². The molecule has 0 bridgehead atoms. The Labute approximate surface area is 127 Å². The minimum absolute atomic E-state index is 0.0491. The fourth-order valence-corrected chi connectivity index (χ4v) is 3.57. The SMILES string of the molecule is CCN1CCCC(CN)(N(CC)c2cccc(F)c2)CC1. The number of nitrogens with zero attached hydrogens (tertiary/aromatic N) is 2. The van der Waals surface area contributed by atoms with Crippen LogP contribution in [0.3, 0.4) is 0 Å². The van der Waals surface area contributed by atoms with Gasteiger partial charge in [-0.25, -0.2) is 4.39 Å². The minimum Gasteiger partial charge on any atom is -0.365 e. The van der Waals surface area contributed by atoms with Gasteiger partial charge in [-0.2, -0.15) is 0 Å². The first-order valence-electron chi connectivity index (χ1n) is 8.11. The van der Waals surface area contributed by atoms with Crippen LogP contribution in [-0.4, -0.2) is 43.2 Å². The number of anilines is 1. The first-order valence-corrected chi connectivity index (χ1v) is 8.11. The highest BCUT2D eigenvalue weighted by atomic mass is 19.1. The van der Waals surface area contributed by atoms with Crippen molar-refractivity contribution in [2.24, 2.45) is 5.73 Å². The maximum Gasteiger partial charge on any atom is 0.125 e. The van der Waals surface area contributed by atoms with Crippen LogP contribution in [0.4, 0.5) is 10.1 Å². The Morgan fingerprint density at radius 2 is 2.10 bits per heavy atom. The highest BCUT2D eigenvalue weighted by Gasteiger charge is 2.36. The highest BCUT2D eigenvalue weighted by molar-refractivity contribution is 5.49. The molecular weight excluding hydrogens is 265 g/mol. The lowest BCUT2D eigenvalue weighted by molar-refractivity contribution is 0.285. The number of rotatable bonds is 5. The summed E-state index contributed by atoms with van der Waals surface area (Å²) in [5.74, 6) is -0.179. The summed E-state index contributed by atoms with van der Waals surface area (Å²) in [6.45, 7) is 9.11. The molecule has 1 unspecified atom stereocenters. The topological polar surface area (TPSA) is 32.5 Å². The standard InChI is InChI=1S/C17H28FN3/c1-3-20-11-6-9-17(14-19,10-12-20)21(4-2)16-8-5-7-15(18)13-16/h5,7-8,13H,3-4,6,9-12,14,19H2,1-2H3. The molecule has 118 valence electrons. The van der Waals surface area contributed by atoms with E-state index >= 15 is 0 Å². The molecule has 2 rings (SSSR count). The molecule has 0 aliphatic carbocycles. The largest absolute Gasteiger partial charge is 0.365 e. The summed E-state index contributed by atoms with van der Waals surface area (Å²) >= 11 is 0. The molecule has 0 radical (unpaired) electrons. The van der Waals surface area contributed by atoms with Crippen LogP contribution in [0.25, 0.3) is 0 Å². The smallest absolute Gasteiger partial charge is 0.125 e.